The molecule has 44 nitrogen and oxygen atoms in total. The smallest absolute Gasteiger partial charge is 2.00 e. The van der Waals surface area contributed by atoms with Gasteiger partial charge in [0.15, 0.2) is 23.0 Å². The number of phenolic OH excluding ortho intramolecular Hbond substituents is 2. The molecule has 600 valence electrons. The number of carboxylic acids is 4. The van der Waals surface area contributed by atoms with Crippen molar-refractivity contribution < 1.29 is 259 Å². The summed E-state index contributed by atoms with van der Waals surface area (Å²) in [6.45, 7) is 10.4. The molecule has 0 fully saturated rings. The number of rotatable bonds is 47. The second kappa shape index (κ2) is 80.2. The Morgan fingerprint density at radius 3 is 1.08 bits per heavy atom. The van der Waals surface area contributed by atoms with Gasteiger partial charge in [-0.2, -0.15) is 0 Å². The summed E-state index contributed by atoms with van der Waals surface area (Å²) in [6.07, 6.45) is 0. The van der Waals surface area contributed by atoms with E-state index in [0.717, 1.165) is 11.0 Å². The molecule has 6 radical (unpaired) electrons. The Morgan fingerprint density at radius 1 is 0.467 bits per heavy atom. The Hall–Kier alpha value is -1.03. The van der Waals surface area contributed by atoms with Gasteiger partial charge in [-0.1, -0.05) is 6.07 Å². The van der Waals surface area contributed by atoms with Crippen molar-refractivity contribution in [1.82, 2.24) is 14.7 Å². The summed E-state index contributed by atoms with van der Waals surface area (Å²) in [5, 5.41) is 57.0. The summed E-state index contributed by atoms with van der Waals surface area (Å²) in [5.41, 5.74) is 5.93. The standard InChI is InChI=1S/C53H84N4O24.4H2O.12O.6Sn.4Tc/c1-52(2,3)80-27-21-72-15-13-70-17-23-75-42-29-38(37-79-48(68)36-57(35-47(66)67)12-10-55(32-44(60)61)9-11-56(33-45(62)63)34-46(64)65)30-43(76-24-18-71-14-16-73-22-28-81-53(4,5)6)50(42)77-25-19-74-20-26-78-51(69)49(54)39-7-8-40(58)41(59)31-39;;;;;;;;;;;;;;;;;;;;;;;;;;/h7-8,29-31,49,58-59H,9-28,32-37,54H2,1-6H3,(H,60,61)(H,62,63)(H,64,65)(H,66,67);4*1H2;;;;;;;;;;;;;;;;;;;;;;/q;;;;;;;;;;;;;;;2*-1;3*+2;3*+4;;;;/p+8/i;;;;;;;;;;;;;;;;;;;;;;;4*1+1. The maximum atomic E-state index is 13.4. The molecule has 0 aliphatic heterocycles. The predicted octanol–water partition coefficient (Wildman–Crippen LogP) is -6.78. The van der Waals surface area contributed by atoms with Gasteiger partial charge in [-0.15, -0.1) is 0 Å². The Bertz CT molecular complexity index is 3000. The zero-order valence-electron chi connectivity index (χ0n) is 66.7. The minimum Gasteiger partial charge on any atom is 2.00 e. The van der Waals surface area contributed by atoms with Crippen LogP contribution in [0, 0.1) is 0 Å². The van der Waals surface area contributed by atoms with Gasteiger partial charge in [0.1, 0.15) is 39.1 Å². The van der Waals surface area contributed by atoms with Crippen LogP contribution in [0.15, 0.2) is 30.3 Å². The number of esters is 2. The first-order valence-corrected chi connectivity index (χ1v) is 37.1. The monoisotopic (exact) mass is 2550 g/mol. The number of carboxylic acid groups (broad SMARTS) is 4. The van der Waals surface area contributed by atoms with Gasteiger partial charge in [-0.3, -0.25) is 38.7 Å². The molecular weight excluding hydrogens is 2440 g/mol. The fourth-order valence-corrected chi connectivity index (χ4v) is 6.84. The summed E-state index contributed by atoms with van der Waals surface area (Å²) in [4.78, 5) is 75.8. The quantitative estimate of drug-likeness (QED) is 0.0140. The van der Waals surface area contributed by atoms with Crippen molar-refractivity contribution in [3.63, 3.8) is 0 Å². The average molecular weight is 2540 g/mol. The van der Waals surface area contributed by atoms with E-state index < -0.39 is 147 Å². The number of nitrogens with zero attached hydrogens (tertiary/aromatic N) is 3. The zero-order chi connectivity index (χ0) is 74.6. The number of carbonyl (C=O) groups excluding carboxylic acids is 2. The van der Waals surface area contributed by atoms with Crippen molar-refractivity contribution in [1.29, 1.82) is 0 Å². The number of phenols is 2. The summed E-state index contributed by atoms with van der Waals surface area (Å²) in [6, 6.07) is 5.56. The van der Waals surface area contributed by atoms with Crippen LogP contribution >= 0.6 is 0 Å². The predicted molar refractivity (Wildman–Crippen MR) is 350 cm³/mol. The molecule has 0 amide bonds. The summed E-state index contributed by atoms with van der Waals surface area (Å²) >= 11 is -15.7. The van der Waals surface area contributed by atoms with Crippen LogP contribution in [0.3, 0.4) is 0 Å². The second-order valence-corrected chi connectivity index (χ2v) is 25.0. The van der Waals surface area contributed by atoms with Crippen LogP contribution in [-0.4, -0.2) is 422 Å². The van der Waals surface area contributed by atoms with E-state index in [2.05, 4.69) is 0 Å². The molecule has 54 heteroatoms. The van der Waals surface area contributed by atoms with Crippen molar-refractivity contribution in [2.45, 2.75) is 65.4 Å². The topological polar surface area (TPSA) is 713 Å². The van der Waals surface area contributed by atoms with Gasteiger partial charge in [-0.25, -0.2) is 4.79 Å². The number of aromatic hydroxyl groups is 2. The largest absolute Gasteiger partial charge is 4.00 e. The molecule has 0 aromatic heterocycles. The van der Waals surface area contributed by atoms with Crippen molar-refractivity contribution >= 4 is 179 Å². The molecule has 0 heterocycles. The van der Waals surface area contributed by atoms with E-state index in [-0.39, 0.29) is 315 Å². The maximum Gasteiger partial charge on any atom is 4.00 e. The third-order valence-corrected chi connectivity index (χ3v) is 10.5. The van der Waals surface area contributed by atoms with Crippen LogP contribution in [0.1, 0.15) is 70.1 Å². The van der Waals surface area contributed by atoms with Crippen molar-refractivity contribution in [3.8, 4) is 28.7 Å². The molecule has 0 spiro atoms. The van der Waals surface area contributed by atoms with E-state index in [1.165, 1.54) is 21.9 Å². The number of ether oxygens (including phenoxy) is 12. The second-order valence-electron chi connectivity index (χ2n) is 20.7. The number of benzene rings is 2. The van der Waals surface area contributed by atoms with Crippen molar-refractivity contribution in [3.05, 3.63) is 41.5 Å². The van der Waals surface area contributed by atoms with E-state index >= 15 is 0 Å². The van der Waals surface area contributed by atoms with Gasteiger partial charge in [0.05, 0.1) is 123 Å². The molecule has 2 aromatic rings. The van der Waals surface area contributed by atoms with Gasteiger partial charge >= 0.3 is 300 Å². The van der Waals surface area contributed by atoms with Gasteiger partial charge in [0.2, 0.25) is 5.75 Å². The summed E-state index contributed by atoms with van der Waals surface area (Å²) in [7, 11) is 0. The van der Waals surface area contributed by atoms with E-state index in [9.17, 15) is 59.4 Å². The van der Waals surface area contributed by atoms with E-state index in [0.29, 0.717) is 45.2 Å². The molecule has 0 bridgehead atoms. The Kier molecular flexibility index (Phi) is 101. The number of hydrogen-bond acceptors (Lipinski definition) is 36. The normalized spacial score (nSPS) is 10.5. The van der Waals surface area contributed by atoms with Gasteiger partial charge in [0, 0.05) is 26.2 Å². The molecular formula is C53H100N4O40Sn6Tc4+24. The van der Waals surface area contributed by atoms with Crippen molar-refractivity contribution in [2.24, 2.45) is 5.73 Å². The molecule has 1 unspecified atom stereocenters. The van der Waals surface area contributed by atoms with E-state index in [1.54, 1.807) is 12.1 Å². The molecule has 0 saturated carbocycles. The third kappa shape index (κ3) is 93.7. The molecule has 1 atom stereocenters. The average Bonchev–Trinajstić information content (AvgIpc) is 0.846. The van der Waals surface area contributed by atoms with Gasteiger partial charge in [-0.05, 0) is 76.9 Å². The Labute approximate surface area is 750 Å². The minimum absolute atomic E-state index is 0. The van der Waals surface area contributed by atoms with Crippen LogP contribution in [0.4, 0.5) is 0 Å². The number of carbonyl (C=O) groups is 6. The summed E-state index contributed by atoms with van der Waals surface area (Å²) in [5.74, 6) is -7.19. The first kappa shape index (κ1) is 135. The Balaban J connectivity index is -0.000000125. The van der Waals surface area contributed by atoms with Crippen LogP contribution in [0.25, 0.3) is 0 Å². The van der Waals surface area contributed by atoms with Crippen LogP contribution in [0.5, 0.6) is 28.7 Å². The number of aliphatic carboxylic acids is 4. The van der Waals surface area contributed by atoms with E-state index in [4.69, 9.17) is 105 Å². The minimum atomic E-state index is -5.94. The van der Waals surface area contributed by atoms with Crippen LogP contribution < -0.4 is 27.7 Å². The first-order valence-electron chi connectivity index (χ1n) is 28.0. The van der Waals surface area contributed by atoms with Crippen LogP contribution in [-0.2, 0) is 179 Å². The fraction of sp³-hybridized carbons (Fsp3) is 0.660. The number of hydrogen-bond donors (Lipinski definition) is 7. The molecule has 0 saturated heterocycles. The molecule has 2 rings (SSSR count). The summed E-state index contributed by atoms with van der Waals surface area (Å²) < 4.78 is 172. The van der Waals surface area contributed by atoms with Crippen LogP contribution in [0.2, 0.25) is 0 Å². The SMILES string of the molecule is CC(C)(C)OCCOCCOCCOc1cc(COC(=O)CN(CCN(CCN(CC(=O)O)CC(=O)O)CC(=O)O)CC(=O)O)cc(OCCOCCOCCOC(C)(C)C)c1OCCOCCOC(=O)C(N)c1ccc(O)c(O)c1.O.O.O.O.[H+].[H+].[H+].[H+].[H+].[H+].[H+].[H+].[O]=[99Tc](=[O])(=[O])[O-].[O]=[99Tc](=[O])(=[O])[O-].[O]=[99Tc]=[O].[O]=[99Tc]=[O].[Sn+2].[Sn+2].[Sn+2].[Sn+4].[Sn+4].[Sn+4]. The Morgan fingerprint density at radius 2 is 0.757 bits per heavy atom. The molecule has 2 aromatic carbocycles. The van der Waals surface area contributed by atoms with E-state index in [1.807, 2.05) is 41.5 Å². The molecule has 0 aliphatic rings. The van der Waals surface area contributed by atoms with Crippen molar-refractivity contribution in [2.75, 3.05) is 165 Å². The van der Waals surface area contributed by atoms with Gasteiger partial charge < -0.3 is 115 Å². The molecule has 107 heavy (non-hydrogen) atoms. The maximum absolute atomic E-state index is 13.4. The first-order chi connectivity index (χ1) is 45.1. The molecule has 0 aliphatic carbocycles. The van der Waals surface area contributed by atoms with Gasteiger partial charge in [0.25, 0.3) is 0 Å². The fourth-order valence-electron chi connectivity index (χ4n) is 6.84. The molecule has 16 N–H and O–H groups in total. The zero-order valence-corrected chi connectivity index (χ0v) is 83.3. The third-order valence-electron chi connectivity index (χ3n) is 10.5. The number of nitrogens with two attached hydrogens (primary N) is 1.